The fraction of sp³-hybridized carbons (Fsp3) is 0.320. The number of aliphatic hydroxyl groups is 1. The maximum absolute atomic E-state index is 13.1. The fourth-order valence-electron chi connectivity index (χ4n) is 3.15. The van der Waals surface area contributed by atoms with Crippen molar-refractivity contribution in [1.29, 1.82) is 0 Å². The lowest BCUT2D eigenvalue weighted by atomic mass is 9.90. The van der Waals surface area contributed by atoms with Gasteiger partial charge in [0, 0.05) is 11.1 Å². The number of carboxylic acids is 1. The van der Waals surface area contributed by atoms with E-state index in [0.29, 0.717) is 16.3 Å². The van der Waals surface area contributed by atoms with E-state index in [2.05, 4.69) is 10.4 Å². The van der Waals surface area contributed by atoms with Crippen LogP contribution in [0.1, 0.15) is 49.3 Å². The van der Waals surface area contributed by atoms with Gasteiger partial charge in [0.05, 0.1) is 24.3 Å². The van der Waals surface area contributed by atoms with Crippen molar-refractivity contribution in [3.8, 4) is 11.6 Å². The second-order valence-corrected chi connectivity index (χ2v) is 9.36. The van der Waals surface area contributed by atoms with Crippen LogP contribution in [0.3, 0.4) is 0 Å². The zero-order chi connectivity index (χ0) is 24.9. The molecule has 0 saturated heterocycles. The number of nitrogens with one attached hydrogen (secondary N) is 1. The van der Waals surface area contributed by atoms with Gasteiger partial charge in [-0.05, 0) is 29.2 Å². The molecule has 9 heteroatoms. The zero-order valence-corrected chi connectivity index (χ0v) is 20.0. The second-order valence-electron chi connectivity index (χ2n) is 8.95. The highest BCUT2D eigenvalue weighted by molar-refractivity contribution is 6.31. The molecule has 1 heterocycles. The van der Waals surface area contributed by atoms with Crippen molar-refractivity contribution in [1.82, 2.24) is 15.1 Å². The van der Waals surface area contributed by atoms with E-state index in [-0.39, 0.29) is 24.6 Å². The van der Waals surface area contributed by atoms with Gasteiger partial charge in [0.1, 0.15) is 6.61 Å². The van der Waals surface area contributed by atoms with E-state index in [1.165, 1.54) is 10.7 Å². The molecule has 180 valence electrons. The summed E-state index contributed by atoms with van der Waals surface area (Å²) in [6.45, 7) is 5.69. The minimum Gasteiger partial charge on any atom is -0.481 e. The summed E-state index contributed by atoms with van der Waals surface area (Å²) in [5.41, 5.74) is 0.797. The summed E-state index contributed by atoms with van der Waals surface area (Å²) in [5, 5.41) is 27.2. The number of carbonyl (C=O) groups excluding carboxylic acids is 1. The summed E-state index contributed by atoms with van der Waals surface area (Å²) in [5.74, 6) is -1.39. The molecule has 3 rings (SSSR count). The largest absolute Gasteiger partial charge is 0.481 e. The number of nitrogens with zero attached hydrogens (tertiary/aromatic N) is 2. The smallest absolute Gasteiger partial charge is 0.305 e. The number of amides is 1. The van der Waals surface area contributed by atoms with Crippen LogP contribution >= 0.6 is 11.6 Å². The lowest BCUT2D eigenvalue weighted by molar-refractivity contribution is -0.137. The third kappa shape index (κ3) is 6.36. The molecule has 8 nitrogen and oxygen atoms in total. The van der Waals surface area contributed by atoms with Crippen LogP contribution in [-0.4, -0.2) is 44.6 Å². The summed E-state index contributed by atoms with van der Waals surface area (Å²) in [4.78, 5) is 24.5. The quantitative estimate of drug-likeness (QED) is 0.417. The molecule has 1 amide bonds. The summed E-state index contributed by atoms with van der Waals surface area (Å²) in [6, 6.07) is 16.5. The highest BCUT2D eigenvalue weighted by Crippen LogP contribution is 2.27. The number of para-hydroxylation sites is 1. The summed E-state index contributed by atoms with van der Waals surface area (Å²) in [6.07, 6.45) is -1.10. The predicted molar refractivity (Wildman–Crippen MR) is 128 cm³/mol. The fourth-order valence-corrected chi connectivity index (χ4v) is 3.42. The van der Waals surface area contributed by atoms with Gasteiger partial charge in [0.25, 0.3) is 5.91 Å². The summed E-state index contributed by atoms with van der Waals surface area (Å²) in [7, 11) is 0. The topological polar surface area (TPSA) is 114 Å². The standard InChI is InChI=1S/C25H28ClN3O5/c1-25(2,3)21(30)15-34-22-13-20(28-29(22)16-9-5-4-6-10-16)24(33)27-19(14-23(31)32)17-11-7-8-12-18(17)26/h4-13,19,21,30H,14-15H2,1-3H3,(H,27,33)(H,31,32). The van der Waals surface area contributed by atoms with Crippen LogP contribution in [0.2, 0.25) is 5.02 Å². The van der Waals surface area contributed by atoms with Gasteiger partial charge < -0.3 is 20.3 Å². The SMILES string of the molecule is CC(C)(C)C(O)COc1cc(C(=O)NC(CC(=O)O)c2ccccc2Cl)nn1-c1ccccc1. The molecule has 0 radical (unpaired) electrons. The van der Waals surface area contributed by atoms with Gasteiger partial charge in [0.15, 0.2) is 5.69 Å². The van der Waals surface area contributed by atoms with Crippen LogP contribution in [0.4, 0.5) is 0 Å². The Kier molecular flexibility index (Phi) is 7.96. The molecule has 0 bridgehead atoms. The Morgan fingerprint density at radius 2 is 1.76 bits per heavy atom. The Morgan fingerprint density at radius 3 is 2.38 bits per heavy atom. The minimum absolute atomic E-state index is 0.00431. The van der Waals surface area contributed by atoms with Gasteiger partial charge in [-0.2, -0.15) is 5.10 Å². The Balaban J connectivity index is 1.90. The number of halogens is 1. The lowest BCUT2D eigenvalue weighted by Crippen LogP contribution is -2.32. The molecule has 2 atom stereocenters. The zero-order valence-electron chi connectivity index (χ0n) is 19.2. The number of carbonyl (C=O) groups is 2. The molecule has 34 heavy (non-hydrogen) atoms. The van der Waals surface area contributed by atoms with E-state index < -0.39 is 29.4 Å². The lowest BCUT2D eigenvalue weighted by Gasteiger charge is -2.25. The van der Waals surface area contributed by atoms with Crippen molar-refractivity contribution in [2.45, 2.75) is 39.3 Å². The van der Waals surface area contributed by atoms with Crippen molar-refractivity contribution >= 4 is 23.5 Å². The van der Waals surface area contributed by atoms with Crippen LogP contribution < -0.4 is 10.1 Å². The first-order chi connectivity index (χ1) is 16.1. The first kappa shape index (κ1) is 25.3. The molecule has 1 aromatic heterocycles. The predicted octanol–water partition coefficient (Wildman–Crippen LogP) is 4.26. The summed E-state index contributed by atoms with van der Waals surface area (Å²) < 4.78 is 7.30. The second kappa shape index (κ2) is 10.7. The number of hydrogen-bond acceptors (Lipinski definition) is 5. The number of aliphatic carboxylic acids is 1. The Hall–Kier alpha value is -3.36. The molecule has 0 aliphatic rings. The van der Waals surface area contributed by atoms with Gasteiger partial charge in [-0.3, -0.25) is 9.59 Å². The van der Waals surface area contributed by atoms with Gasteiger partial charge in [-0.15, -0.1) is 0 Å². The van der Waals surface area contributed by atoms with E-state index in [4.69, 9.17) is 16.3 Å². The highest BCUT2D eigenvalue weighted by atomic mass is 35.5. The number of ether oxygens (including phenoxy) is 1. The number of carboxylic acid groups (broad SMARTS) is 1. The number of hydrogen-bond donors (Lipinski definition) is 3. The van der Waals surface area contributed by atoms with Crippen LogP contribution in [0.15, 0.2) is 60.7 Å². The van der Waals surface area contributed by atoms with Gasteiger partial charge in [-0.1, -0.05) is 68.8 Å². The number of aliphatic hydroxyl groups excluding tert-OH is 1. The molecular formula is C25H28ClN3O5. The molecule has 0 saturated carbocycles. The number of rotatable bonds is 9. The first-order valence-corrected chi connectivity index (χ1v) is 11.2. The third-order valence-corrected chi connectivity index (χ3v) is 5.61. The Labute approximate surface area is 203 Å². The maximum Gasteiger partial charge on any atom is 0.305 e. The molecule has 2 unspecified atom stereocenters. The van der Waals surface area contributed by atoms with E-state index in [0.717, 1.165) is 0 Å². The molecule has 0 aliphatic carbocycles. The Bertz CT molecular complexity index is 1140. The Morgan fingerprint density at radius 1 is 1.12 bits per heavy atom. The van der Waals surface area contributed by atoms with Crippen molar-refractivity contribution in [2.75, 3.05) is 6.61 Å². The minimum atomic E-state index is -1.08. The van der Waals surface area contributed by atoms with Crippen molar-refractivity contribution in [2.24, 2.45) is 5.41 Å². The molecule has 2 aromatic carbocycles. The van der Waals surface area contributed by atoms with Gasteiger partial charge in [-0.25, -0.2) is 4.68 Å². The molecule has 0 fully saturated rings. The average molecular weight is 486 g/mol. The van der Waals surface area contributed by atoms with Gasteiger partial charge >= 0.3 is 5.97 Å². The van der Waals surface area contributed by atoms with Crippen molar-refractivity contribution in [3.05, 3.63) is 76.9 Å². The first-order valence-electron chi connectivity index (χ1n) is 10.8. The number of benzene rings is 2. The van der Waals surface area contributed by atoms with Gasteiger partial charge in [0.2, 0.25) is 5.88 Å². The molecule has 3 aromatic rings. The van der Waals surface area contributed by atoms with Crippen LogP contribution in [-0.2, 0) is 4.79 Å². The number of aromatic nitrogens is 2. The third-order valence-electron chi connectivity index (χ3n) is 5.26. The van der Waals surface area contributed by atoms with Crippen LogP contribution in [0.5, 0.6) is 5.88 Å². The van der Waals surface area contributed by atoms with Crippen molar-refractivity contribution < 1.29 is 24.5 Å². The maximum atomic E-state index is 13.1. The molecular weight excluding hydrogens is 458 g/mol. The monoisotopic (exact) mass is 485 g/mol. The molecule has 3 N–H and O–H groups in total. The molecule has 0 spiro atoms. The van der Waals surface area contributed by atoms with E-state index >= 15 is 0 Å². The van der Waals surface area contributed by atoms with E-state index in [9.17, 15) is 19.8 Å². The van der Waals surface area contributed by atoms with E-state index in [1.807, 2.05) is 39.0 Å². The van der Waals surface area contributed by atoms with Crippen molar-refractivity contribution in [3.63, 3.8) is 0 Å². The van der Waals surface area contributed by atoms with E-state index in [1.54, 1.807) is 36.4 Å². The van der Waals surface area contributed by atoms with Crippen LogP contribution in [0, 0.1) is 5.41 Å². The highest BCUT2D eigenvalue weighted by Gasteiger charge is 2.26. The summed E-state index contributed by atoms with van der Waals surface area (Å²) >= 11 is 6.24. The van der Waals surface area contributed by atoms with Crippen LogP contribution in [0.25, 0.3) is 5.69 Å². The average Bonchev–Trinajstić information content (AvgIpc) is 3.21. The normalized spacial score (nSPS) is 13.2. The molecule has 0 aliphatic heterocycles.